The second-order valence-electron chi connectivity index (χ2n) is 3.84. The molecule has 2 atom stereocenters. The van der Waals surface area contributed by atoms with Crippen molar-refractivity contribution in [2.75, 3.05) is 33.5 Å². The van der Waals surface area contributed by atoms with E-state index in [-0.39, 0.29) is 11.9 Å². The molecule has 1 fully saturated rings. The zero-order valence-electron chi connectivity index (χ0n) is 9.44. The van der Waals surface area contributed by atoms with Crippen molar-refractivity contribution in [3.8, 4) is 0 Å². The molecule has 1 amide bonds. The molecular weight excluding hydrogens is 196 g/mol. The fraction of sp³-hybridized carbons (Fsp3) is 0.900. The summed E-state index contributed by atoms with van der Waals surface area (Å²) in [5, 5.41) is 0. The number of nitrogens with zero attached hydrogens (tertiary/aromatic N) is 1. The third-order valence-electron chi connectivity index (χ3n) is 2.60. The van der Waals surface area contributed by atoms with Crippen molar-refractivity contribution in [3.63, 3.8) is 0 Å². The van der Waals surface area contributed by atoms with Crippen LogP contribution in [0.4, 0.5) is 0 Å². The number of hydrogen-bond acceptors (Lipinski definition) is 4. The maximum Gasteiger partial charge on any atom is 0.239 e. The average Bonchev–Trinajstić information content (AvgIpc) is 2.25. The van der Waals surface area contributed by atoms with Crippen molar-refractivity contribution >= 4 is 5.91 Å². The second-order valence-corrected chi connectivity index (χ2v) is 3.84. The maximum absolute atomic E-state index is 11.9. The second kappa shape index (κ2) is 6.05. The molecule has 0 aliphatic carbocycles. The van der Waals surface area contributed by atoms with Crippen LogP contribution < -0.4 is 5.73 Å². The molecule has 88 valence electrons. The molecule has 1 aliphatic heterocycles. The molecular formula is C10H20N2O3. The predicted molar refractivity (Wildman–Crippen MR) is 56.5 cm³/mol. The standard InChI is InChI=1S/C10H20N2O3/c1-8-7-15-6-4-12(8)10(13)9(11)3-5-14-2/h8-9H,3-7,11H2,1-2H3/t8-,9?/m1/s1. The van der Waals surface area contributed by atoms with E-state index >= 15 is 0 Å². The summed E-state index contributed by atoms with van der Waals surface area (Å²) in [4.78, 5) is 13.7. The van der Waals surface area contributed by atoms with Crippen molar-refractivity contribution in [1.29, 1.82) is 0 Å². The van der Waals surface area contributed by atoms with Gasteiger partial charge in [0.2, 0.25) is 5.91 Å². The molecule has 5 nitrogen and oxygen atoms in total. The van der Waals surface area contributed by atoms with Crippen LogP contribution in [0.15, 0.2) is 0 Å². The van der Waals surface area contributed by atoms with Crippen LogP contribution in [0.1, 0.15) is 13.3 Å². The van der Waals surface area contributed by atoms with E-state index in [9.17, 15) is 4.79 Å². The van der Waals surface area contributed by atoms with E-state index in [0.29, 0.717) is 32.8 Å². The summed E-state index contributed by atoms with van der Waals surface area (Å²) in [6.07, 6.45) is 0.569. The van der Waals surface area contributed by atoms with Crippen molar-refractivity contribution in [2.24, 2.45) is 5.73 Å². The SMILES string of the molecule is COCCC(N)C(=O)N1CCOC[C@H]1C. The van der Waals surface area contributed by atoms with Crippen LogP contribution >= 0.6 is 0 Å². The van der Waals surface area contributed by atoms with E-state index in [1.54, 1.807) is 12.0 Å². The average molecular weight is 216 g/mol. The lowest BCUT2D eigenvalue weighted by molar-refractivity contribution is -0.140. The lowest BCUT2D eigenvalue weighted by atomic mass is 10.1. The van der Waals surface area contributed by atoms with E-state index in [1.165, 1.54) is 0 Å². The summed E-state index contributed by atoms with van der Waals surface area (Å²) in [5.74, 6) is 0.00264. The number of rotatable bonds is 4. The van der Waals surface area contributed by atoms with Gasteiger partial charge in [0.1, 0.15) is 0 Å². The molecule has 1 unspecified atom stereocenters. The summed E-state index contributed by atoms with van der Waals surface area (Å²) < 4.78 is 10.2. The number of nitrogens with two attached hydrogens (primary N) is 1. The van der Waals surface area contributed by atoms with Gasteiger partial charge in [0.25, 0.3) is 0 Å². The van der Waals surface area contributed by atoms with Gasteiger partial charge in [0.05, 0.1) is 25.3 Å². The van der Waals surface area contributed by atoms with Gasteiger partial charge >= 0.3 is 0 Å². The molecule has 1 heterocycles. The van der Waals surface area contributed by atoms with Gasteiger partial charge in [0.15, 0.2) is 0 Å². The molecule has 0 spiro atoms. The highest BCUT2D eigenvalue weighted by molar-refractivity contribution is 5.82. The van der Waals surface area contributed by atoms with Gasteiger partial charge in [-0.25, -0.2) is 0 Å². The molecule has 1 aliphatic rings. The minimum Gasteiger partial charge on any atom is -0.385 e. The lowest BCUT2D eigenvalue weighted by Gasteiger charge is -2.34. The van der Waals surface area contributed by atoms with Crippen LogP contribution in [0.25, 0.3) is 0 Å². The highest BCUT2D eigenvalue weighted by Gasteiger charge is 2.27. The zero-order chi connectivity index (χ0) is 11.3. The molecule has 2 N–H and O–H groups in total. The Kier molecular flexibility index (Phi) is 5.01. The van der Waals surface area contributed by atoms with Gasteiger partial charge in [-0.1, -0.05) is 0 Å². The predicted octanol–water partition coefficient (Wildman–Crippen LogP) is -0.402. The number of amides is 1. The monoisotopic (exact) mass is 216 g/mol. The van der Waals surface area contributed by atoms with E-state index in [4.69, 9.17) is 15.2 Å². The zero-order valence-corrected chi connectivity index (χ0v) is 9.44. The normalized spacial score (nSPS) is 23.9. The van der Waals surface area contributed by atoms with Gasteiger partial charge in [-0.2, -0.15) is 0 Å². The number of methoxy groups -OCH3 is 1. The summed E-state index contributed by atoms with van der Waals surface area (Å²) in [6, 6.07) is -0.328. The van der Waals surface area contributed by atoms with Crippen LogP contribution in [-0.4, -0.2) is 56.4 Å². The highest BCUT2D eigenvalue weighted by atomic mass is 16.5. The lowest BCUT2D eigenvalue weighted by Crippen LogP contribution is -2.53. The quantitative estimate of drug-likeness (QED) is 0.694. The number of carbonyl (C=O) groups excluding carboxylic acids is 1. The third kappa shape index (κ3) is 3.44. The van der Waals surface area contributed by atoms with Crippen LogP contribution in [0.3, 0.4) is 0 Å². The molecule has 0 saturated carbocycles. The fourth-order valence-corrected chi connectivity index (χ4v) is 1.64. The Hall–Kier alpha value is -0.650. The van der Waals surface area contributed by atoms with Crippen LogP contribution in [0.2, 0.25) is 0 Å². The van der Waals surface area contributed by atoms with E-state index in [2.05, 4.69) is 0 Å². The molecule has 1 rings (SSSR count). The largest absolute Gasteiger partial charge is 0.385 e. The van der Waals surface area contributed by atoms with Crippen LogP contribution in [0, 0.1) is 0 Å². The Morgan fingerprint density at radius 3 is 3.07 bits per heavy atom. The van der Waals surface area contributed by atoms with Gasteiger partial charge in [-0.15, -0.1) is 0 Å². The first-order valence-corrected chi connectivity index (χ1v) is 5.29. The topological polar surface area (TPSA) is 64.8 Å². The number of ether oxygens (including phenoxy) is 2. The minimum absolute atomic E-state index is 0.00264. The Morgan fingerprint density at radius 1 is 1.73 bits per heavy atom. The molecule has 5 heteroatoms. The third-order valence-corrected chi connectivity index (χ3v) is 2.60. The van der Waals surface area contributed by atoms with Crippen molar-refractivity contribution in [2.45, 2.75) is 25.4 Å². The Bertz CT molecular complexity index is 211. The van der Waals surface area contributed by atoms with Crippen molar-refractivity contribution in [1.82, 2.24) is 4.90 Å². The Balaban J connectivity index is 2.43. The van der Waals surface area contributed by atoms with Crippen LogP contribution in [0.5, 0.6) is 0 Å². The van der Waals surface area contributed by atoms with Gasteiger partial charge in [-0.05, 0) is 13.3 Å². The molecule has 0 aromatic heterocycles. The summed E-state index contributed by atoms with van der Waals surface area (Å²) in [6.45, 7) is 4.34. The highest BCUT2D eigenvalue weighted by Crippen LogP contribution is 2.08. The molecule has 15 heavy (non-hydrogen) atoms. The fourth-order valence-electron chi connectivity index (χ4n) is 1.64. The molecule has 0 aromatic rings. The van der Waals surface area contributed by atoms with Crippen LogP contribution in [-0.2, 0) is 14.3 Å². The summed E-state index contributed by atoms with van der Waals surface area (Å²) in [7, 11) is 1.61. The first-order valence-electron chi connectivity index (χ1n) is 5.29. The van der Waals surface area contributed by atoms with E-state index < -0.39 is 6.04 Å². The van der Waals surface area contributed by atoms with Crippen molar-refractivity contribution < 1.29 is 14.3 Å². The molecule has 0 aromatic carbocycles. The van der Waals surface area contributed by atoms with Gasteiger partial charge in [-0.3, -0.25) is 4.79 Å². The molecule has 1 saturated heterocycles. The Labute approximate surface area is 90.5 Å². The van der Waals surface area contributed by atoms with E-state index in [0.717, 1.165) is 0 Å². The van der Waals surface area contributed by atoms with E-state index in [1.807, 2.05) is 6.92 Å². The number of hydrogen-bond donors (Lipinski definition) is 1. The Morgan fingerprint density at radius 2 is 2.47 bits per heavy atom. The maximum atomic E-state index is 11.9. The summed E-state index contributed by atoms with van der Waals surface area (Å²) in [5.41, 5.74) is 5.78. The first-order chi connectivity index (χ1) is 7.16. The number of carbonyl (C=O) groups is 1. The molecule has 0 bridgehead atoms. The minimum atomic E-state index is -0.453. The number of morpholine rings is 1. The molecule has 0 radical (unpaired) electrons. The smallest absolute Gasteiger partial charge is 0.239 e. The van der Waals surface area contributed by atoms with Gasteiger partial charge < -0.3 is 20.1 Å². The van der Waals surface area contributed by atoms with Crippen molar-refractivity contribution in [3.05, 3.63) is 0 Å². The first kappa shape index (κ1) is 12.4. The van der Waals surface area contributed by atoms with Gasteiger partial charge in [0, 0.05) is 20.3 Å². The summed E-state index contributed by atoms with van der Waals surface area (Å²) >= 11 is 0.